The molecule has 0 radical (unpaired) electrons. The predicted molar refractivity (Wildman–Crippen MR) is 201 cm³/mol. The smallest absolute Gasteiger partial charge is 0.0844 e. The largest absolute Gasteiger partial charge is 0.106 e. The Balaban J connectivity index is 2.00. The van der Waals surface area contributed by atoms with Crippen LogP contribution in [0.3, 0.4) is 0 Å². The Kier molecular flexibility index (Phi) is 13.9. The molecule has 3 heteroatoms. The van der Waals surface area contributed by atoms with Crippen LogP contribution in [-0.4, -0.2) is 0 Å². The van der Waals surface area contributed by atoms with E-state index in [2.05, 4.69) is 142 Å². The zero-order valence-corrected chi connectivity index (χ0v) is 28.2. The highest BCUT2D eigenvalue weighted by atomic mass is 32.2. The van der Waals surface area contributed by atoms with Gasteiger partial charge in [0.1, 0.15) is 0 Å². The van der Waals surface area contributed by atoms with Gasteiger partial charge in [0, 0.05) is 20.4 Å². The summed E-state index contributed by atoms with van der Waals surface area (Å²) in [7, 11) is -2.59. The van der Waals surface area contributed by atoms with Gasteiger partial charge in [-0.3, -0.25) is 0 Å². The molecule has 0 spiro atoms. The van der Waals surface area contributed by atoms with Crippen LogP contribution in [0.4, 0.5) is 0 Å². The van der Waals surface area contributed by atoms with Crippen LogP contribution < -0.4 is 10.6 Å². The Morgan fingerprint density at radius 2 is 0.766 bits per heavy atom. The van der Waals surface area contributed by atoms with Crippen LogP contribution in [0.15, 0.2) is 34.1 Å². The van der Waals surface area contributed by atoms with Gasteiger partial charge >= 0.3 is 0 Å². The molecule has 0 fully saturated rings. The number of benzene rings is 2. The molecule has 0 saturated heterocycles. The third-order valence-corrected chi connectivity index (χ3v) is 11.8. The average Bonchev–Trinajstić information content (AvgIpc) is 3.11. The highest BCUT2D eigenvalue weighted by Gasteiger charge is 2.26. The zero-order valence-electron chi connectivity index (χ0n) is 25.6. The number of fused-ring (bicyclic) bond motifs is 2. The lowest BCUT2D eigenvalue weighted by atomic mass is 9.91. The molecule has 0 nitrogen and oxygen atoms in total. The van der Waals surface area contributed by atoms with Crippen molar-refractivity contribution in [3.05, 3.63) is 46.5 Å². The molecular formula is C44H24P2S. The van der Waals surface area contributed by atoms with Crippen LogP contribution >= 0.6 is 27.6 Å². The van der Waals surface area contributed by atoms with Crippen molar-refractivity contribution >= 4 is 38.2 Å². The van der Waals surface area contributed by atoms with E-state index in [0.29, 0.717) is 0 Å². The maximum Gasteiger partial charge on any atom is 0.0844 e. The van der Waals surface area contributed by atoms with Crippen molar-refractivity contribution in [2.24, 2.45) is 0 Å². The minimum atomic E-state index is -1.29. The van der Waals surface area contributed by atoms with Crippen molar-refractivity contribution in [3.8, 4) is 143 Å². The van der Waals surface area contributed by atoms with Gasteiger partial charge in [0.05, 0.1) is 15.8 Å². The SMILES string of the molecule is C#CC#CC#CP(C#CC#CC#C)c1ccc2c(c1Sc1c(P(C#CC#CC#C)C#CC#CC#C)ccc3c1CCCC3)CCCC2. The van der Waals surface area contributed by atoms with Crippen LogP contribution in [0.1, 0.15) is 47.9 Å². The molecule has 47 heavy (non-hydrogen) atoms. The monoisotopic (exact) mass is 646 g/mol. The first-order valence-corrected chi connectivity index (χ1v) is 18.1. The molecule has 0 aliphatic heterocycles. The van der Waals surface area contributed by atoms with E-state index >= 15 is 0 Å². The topological polar surface area (TPSA) is 0 Å². The Morgan fingerprint density at radius 1 is 0.426 bits per heavy atom. The van der Waals surface area contributed by atoms with Crippen LogP contribution in [0.5, 0.6) is 0 Å². The van der Waals surface area contributed by atoms with Gasteiger partial charge in [0.25, 0.3) is 0 Å². The maximum atomic E-state index is 5.34. The Hall–Kier alpha value is -5.63. The van der Waals surface area contributed by atoms with E-state index in [0.717, 1.165) is 62.0 Å². The lowest BCUT2D eigenvalue weighted by Crippen LogP contribution is -2.16. The summed E-state index contributed by atoms with van der Waals surface area (Å²) in [5, 5.41) is 2.13. The van der Waals surface area contributed by atoms with Gasteiger partial charge in [0.15, 0.2) is 0 Å². The van der Waals surface area contributed by atoms with Crippen LogP contribution in [-0.2, 0) is 25.7 Å². The van der Waals surface area contributed by atoms with Gasteiger partial charge in [-0.1, -0.05) is 36.0 Å². The van der Waals surface area contributed by atoms with E-state index in [1.54, 1.807) is 11.8 Å². The molecule has 2 aromatic carbocycles. The Labute approximate surface area is 287 Å². The molecule has 2 aliphatic carbocycles. The lowest BCUT2D eigenvalue weighted by molar-refractivity contribution is 0.674. The van der Waals surface area contributed by atoms with E-state index < -0.39 is 15.8 Å². The number of aryl methyl sites for hydroxylation is 2. The molecule has 2 aromatic rings. The molecule has 0 unspecified atom stereocenters. The molecule has 4 rings (SSSR count). The number of terminal acetylenes is 4. The second kappa shape index (κ2) is 19.0. The minimum absolute atomic E-state index is 0.978. The summed E-state index contributed by atoms with van der Waals surface area (Å²) in [5.41, 5.74) is 18.6. The van der Waals surface area contributed by atoms with Crippen molar-refractivity contribution in [1.82, 2.24) is 0 Å². The molecule has 0 bridgehead atoms. The van der Waals surface area contributed by atoms with E-state index in [4.69, 9.17) is 25.7 Å². The standard InChI is InChI=1S/C44H24P2S/c1-5-9-13-21-33-45(34-22-14-10-6-2)41-31-29-37-25-17-19-27-39(37)43(41)47-44-40-28-20-18-26-38(40)30-32-42(44)46(35-23-15-11-7-3)36-24-16-12-8-4/h1-4,29-32H,17-20,25-28H2. The van der Waals surface area contributed by atoms with Gasteiger partial charge in [-0.25, -0.2) is 0 Å². The summed E-state index contributed by atoms with van der Waals surface area (Å²) in [4.78, 5) is 2.36. The fourth-order valence-electron chi connectivity index (χ4n) is 5.15. The molecule has 0 N–H and O–H groups in total. The molecule has 0 amide bonds. The van der Waals surface area contributed by atoms with Gasteiger partial charge in [-0.15, -0.1) is 25.7 Å². The third kappa shape index (κ3) is 9.68. The minimum Gasteiger partial charge on any atom is -0.106 e. The molecule has 216 valence electrons. The summed E-state index contributed by atoms with van der Waals surface area (Å²) in [6.07, 6.45) is 29.9. The number of hydrogen-bond donors (Lipinski definition) is 0. The van der Waals surface area contributed by atoms with Crippen molar-refractivity contribution in [1.29, 1.82) is 0 Å². The Morgan fingerprint density at radius 3 is 1.11 bits per heavy atom. The van der Waals surface area contributed by atoms with E-state index in [-0.39, 0.29) is 0 Å². The summed E-state index contributed by atoms with van der Waals surface area (Å²) in [5.74, 6) is 42.3. The molecule has 0 saturated carbocycles. The summed E-state index contributed by atoms with van der Waals surface area (Å²) in [6, 6.07) is 8.80. The van der Waals surface area contributed by atoms with Crippen molar-refractivity contribution in [2.75, 3.05) is 0 Å². The second-order valence-corrected chi connectivity index (χ2v) is 14.0. The molecule has 0 atom stereocenters. The van der Waals surface area contributed by atoms with E-state index in [1.807, 2.05) is 0 Å². The fourth-order valence-corrected chi connectivity index (χ4v) is 9.62. The number of hydrogen-bond acceptors (Lipinski definition) is 1. The third-order valence-electron chi connectivity index (χ3n) is 7.06. The highest BCUT2D eigenvalue weighted by molar-refractivity contribution is 8.01. The van der Waals surface area contributed by atoms with Crippen LogP contribution in [0, 0.1) is 143 Å². The summed E-state index contributed by atoms with van der Waals surface area (Å²) >= 11 is 1.79. The summed E-state index contributed by atoms with van der Waals surface area (Å²) in [6.45, 7) is 0. The highest BCUT2D eigenvalue weighted by Crippen LogP contribution is 2.46. The fraction of sp³-hybridized carbons (Fsp3) is 0.182. The average molecular weight is 647 g/mol. The van der Waals surface area contributed by atoms with Crippen molar-refractivity contribution in [2.45, 2.75) is 61.2 Å². The van der Waals surface area contributed by atoms with Gasteiger partial charge in [0.2, 0.25) is 0 Å². The lowest BCUT2D eigenvalue weighted by Gasteiger charge is -2.26. The first kappa shape index (κ1) is 34.2. The Bertz CT molecular complexity index is 2020. The van der Waals surface area contributed by atoms with E-state index in [9.17, 15) is 0 Å². The van der Waals surface area contributed by atoms with Crippen molar-refractivity contribution < 1.29 is 0 Å². The van der Waals surface area contributed by atoms with Crippen LogP contribution in [0.25, 0.3) is 0 Å². The van der Waals surface area contributed by atoms with Gasteiger partial charge < -0.3 is 0 Å². The molecule has 0 heterocycles. The second-order valence-electron chi connectivity index (χ2n) is 9.81. The van der Waals surface area contributed by atoms with Gasteiger partial charge in [-0.05, 0) is 191 Å². The summed E-state index contributed by atoms with van der Waals surface area (Å²) < 4.78 is 0. The quantitative estimate of drug-likeness (QED) is 0.282. The van der Waals surface area contributed by atoms with E-state index in [1.165, 1.54) is 32.0 Å². The number of rotatable bonds is 4. The van der Waals surface area contributed by atoms with Gasteiger partial charge in [-0.2, -0.15) is 0 Å². The molecule has 2 aliphatic rings. The first-order valence-electron chi connectivity index (χ1n) is 14.6. The molecule has 0 aromatic heterocycles. The van der Waals surface area contributed by atoms with Crippen molar-refractivity contribution in [3.63, 3.8) is 0 Å². The first-order chi connectivity index (χ1) is 23.2. The predicted octanol–water partition coefficient (Wildman–Crippen LogP) is 6.20. The normalized spacial score (nSPS) is 11.0. The van der Waals surface area contributed by atoms with Crippen LogP contribution in [0.2, 0.25) is 0 Å². The molecular weight excluding hydrogens is 622 g/mol. The maximum absolute atomic E-state index is 5.34. The zero-order chi connectivity index (χ0) is 33.1.